The molecule has 1 aromatic carbocycles. The van der Waals surface area contributed by atoms with Crippen LogP contribution >= 0.6 is 0 Å². The van der Waals surface area contributed by atoms with Crippen LogP contribution in [0.1, 0.15) is 24.5 Å². The van der Waals surface area contributed by atoms with Crippen molar-refractivity contribution in [3.05, 3.63) is 42.0 Å². The molecule has 0 heterocycles. The van der Waals surface area contributed by atoms with Crippen LogP contribution in [0.5, 0.6) is 0 Å². The minimum Gasteiger partial charge on any atom is -0.385 e. The lowest BCUT2D eigenvalue weighted by Gasteiger charge is -2.10. The molecular weight excluding hydrogens is 158 g/mol. The molecule has 1 rings (SSSR count). The van der Waals surface area contributed by atoms with Crippen LogP contribution in [0.4, 0.5) is 0 Å². The third-order valence-corrected chi connectivity index (χ3v) is 2.06. The van der Waals surface area contributed by atoms with Crippen molar-refractivity contribution in [2.24, 2.45) is 0 Å². The van der Waals surface area contributed by atoms with Crippen molar-refractivity contribution in [3.63, 3.8) is 0 Å². The SMILES string of the molecule is C=C(NCCC)c1ccccc1C. The lowest BCUT2D eigenvalue weighted by molar-refractivity contribution is 0.824. The van der Waals surface area contributed by atoms with Gasteiger partial charge >= 0.3 is 0 Å². The van der Waals surface area contributed by atoms with Gasteiger partial charge in [0.2, 0.25) is 0 Å². The zero-order valence-electron chi connectivity index (χ0n) is 8.43. The Morgan fingerprint density at radius 2 is 2.08 bits per heavy atom. The molecule has 0 aliphatic rings. The molecule has 0 fully saturated rings. The zero-order chi connectivity index (χ0) is 9.68. The molecule has 1 nitrogen and oxygen atoms in total. The molecule has 0 aromatic heterocycles. The molecule has 70 valence electrons. The summed E-state index contributed by atoms with van der Waals surface area (Å²) < 4.78 is 0. The van der Waals surface area contributed by atoms with Crippen LogP contribution in [0.3, 0.4) is 0 Å². The number of hydrogen-bond acceptors (Lipinski definition) is 1. The number of aryl methyl sites for hydroxylation is 1. The van der Waals surface area contributed by atoms with E-state index in [2.05, 4.69) is 37.9 Å². The maximum absolute atomic E-state index is 4.01. The normalized spacial score (nSPS) is 9.69. The Bertz CT molecular complexity index is 289. The van der Waals surface area contributed by atoms with Crippen LogP contribution < -0.4 is 5.32 Å². The zero-order valence-corrected chi connectivity index (χ0v) is 8.43. The van der Waals surface area contributed by atoms with E-state index in [9.17, 15) is 0 Å². The van der Waals surface area contributed by atoms with Gasteiger partial charge in [-0.3, -0.25) is 0 Å². The molecule has 0 amide bonds. The van der Waals surface area contributed by atoms with Crippen LogP contribution in [0.15, 0.2) is 30.8 Å². The summed E-state index contributed by atoms with van der Waals surface area (Å²) in [5.41, 5.74) is 3.52. The van der Waals surface area contributed by atoms with E-state index >= 15 is 0 Å². The van der Waals surface area contributed by atoms with E-state index in [0.29, 0.717) is 0 Å². The van der Waals surface area contributed by atoms with Crippen molar-refractivity contribution in [1.82, 2.24) is 5.32 Å². The first-order valence-electron chi connectivity index (χ1n) is 4.74. The van der Waals surface area contributed by atoms with Crippen LogP contribution in [-0.4, -0.2) is 6.54 Å². The third kappa shape index (κ3) is 2.62. The standard InChI is InChI=1S/C12H17N/c1-4-9-13-11(3)12-8-6-5-7-10(12)2/h5-8,13H,3-4,9H2,1-2H3. The van der Waals surface area contributed by atoms with Crippen LogP contribution in [0.25, 0.3) is 5.70 Å². The molecule has 0 unspecified atom stereocenters. The summed E-state index contributed by atoms with van der Waals surface area (Å²) in [6.07, 6.45) is 1.13. The molecule has 13 heavy (non-hydrogen) atoms. The Labute approximate surface area is 80.5 Å². The van der Waals surface area contributed by atoms with Gasteiger partial charge in [0.25, 0.3) is 0 Å². The lowest BCUT2D eigenvalue weighted by Crippen LogP contribution is -2.12. The topological polar surface area (TPSA) is 12.0 Å². The van der Waals surface area contributed by atoms with Gasteiger partial charge in [-0.05, 0) is 24.5 Å². The molecule has 0 aliphatic carbocycles. The van der Waals surface area contributed by atoms with E-state index in [1.807, 2.05) is 12.1 Å². The van der Waals surface area contributed by atoms with Gasteiger partial charge in [0.1, 0.15) is 0 Å². The van der Waals surface area contributed by atoms with E-state index in [4.69, 9.17) is 0 Å². The van der Waals surface area contributed by atoms with Crippen molar-refractivity contribution < 1.29 is 0 Å². The van der Waals surface area contributed by atoms with Crippen LogP contribution in [-0.2, 0) is 0 Å². The minimum atomic E-state index is 0.993. The summed E-state index contributed by atoms with van der Waals surface area (Å²) in [7, 11) is 0. The number of nitrogens with one attached hydrogen (secondary N) is 1. The molecule has 0 radical (unpaired) electrons. The highest BCUT2D eigenvalue weighted by Crippen LogP contribution is 2.13. The third-order valence-electron chi connectivity index (χ3n) is 2.06. The van der Waals surface area contributed by atoms with Gasteiger partial charge in [-0.1, -0.05) is 37.8 Å². The second kappa shape index (κ2) is 4.70. The molecule has 0 saturated carbocycles. The summed E-state index contributed by atoms with van der Waals surface area (Å²) in [6.45, 7) is 9.26. The number of benzene rings is 1. The van der Waals surface area contributed by atoms with E-state index < -0.39 is 0 Å². The van der Waals surface area contributed by atoms with Crippen molar-refractivity contribution in [2.75, 3.05) is 6.54 Å². The number of rotatable bonds is 4. The van der Waals surface area contributed by atoms with Gasteiger partial charge in [0.15, 0.2) is 0 Å². The van der Waals surface area contributed by atoms with Crippen molar-refractivity contribution in [1.29, 1.82) is 0 Å². The molecule has 1 aromatic rings. The Morgan fingerprint density at radius 3 is 2.69 bits per heavy atom. The summed E-state index contributed by atoms with van der Waals surface area (Å²) in [6, 6.07) is 8.29. The molecule has 1 heteroatoms. The van der Waals surface area contributed by atoms with Crippen LogP contribution in [0.2, 0.25) is 0 Å². The Morgan fingerprint density at radius 1 is 1.38 bits per heavy atom. The molecule has 0 spiro atoms. The fourth-order valence-corrected chi connectivity index (χ4v) is 1.28. The van der Waals surface area contributed by atoms with E-state index in [1.165, 1.54) is 11.1 Å². The fourth-order valence-electron chi connectivity index (χ4n) is 1.28. The smallest absolute Gasteiger partial charge is 0.0343 e. The molecule has 1 N–H and O–H groups in total. The highest BCUT2D eigenvalue weighted by Gasteiger charge is 1.99. The quantitative estimate of drug-likeness (QED) is 0.741. The Balaban J connectivity index is 2.71. The second-order valence-electron chi connectivity index (χ2n) is 3.22. The summed E-state index contributed by atoms with van der Waals surface area (Å²) in [4.78, 5) is 0. The van der Waals surface area contributed by atoms with E-state index in [-0.39, 0.29) is 0 Å². The molecule has 0 bridgehead atoms. The van der Waals surface area contributed by atoms with Gasteiger partial charge in [-0.25, -0.2) is 0 Å². The maximum Gasteiger partial charge on any atom is 0.0343 e. The summed E-state index contributed by atoms with van der Waals surface area (Å²) >= 11 is 0. The first-order valence-corrected chi connectivity index (χ1v) is 4.74. The lowest BCUT2D eigenvalue weighted by atomic mass is 10.1. The van der Waals surface area contributed by atoms with Gasteiger partial charge in [0, 0.05) is 12.2 Å². The van der Waals surface area contributed by atoms with Crippen LogP contribution in [0, 0.1) is 6.92 Å². The van der Waals surface area contributed by atoms with Crippen molar-refractivity contribution in [3.8, 4) is 0 Å². The molecule has 0 aliphatic heterocycles. The predicted octanol–water partition coefficient (Wildman–Crippen LogP) is 2.97. The largest absolute Gasteiger partial charge is 0.385 e. The average Bonchev–Trinajstić information content (AvgIpc) is 2.15. The van der Waals surface area contributed by atoms with Gasteiger partial charge in [0.05, 0.1) is 0 Å². The fraction of sp³-hybridized carbons (Fsp3) is 0.333. The summed E-state index contributed by atoms with van der Waals surface area (Å²) in [5, 5.41) is 3.29. The highest BCUT2D eigenvalue weighted by atomic mass is 14.9. The second-order valence-corrected chi connectivity index (χ2v) is 3.22. The van der Waals surface area contributed by atoms with E-state index in [1.54, 1.807) is 0 Å². The van der Waals surface area contributed by atoms with Gasteiger partial charge in [-0.15, -0.1) is 0 Å². The average molecular weight is 175 g/mol. The minimum absolute atomic E-state index is 0.993. The number of hydrogen-bond donors (Lipinski definition) is 1. The van der Waals surface area contributed by atoms with E-state index in [0.717, 1.165) is 18.7 Å². The molecule has 0 atom stereocenters. The van der Waals surface area contributed by atoms with Crippen molar-refractivity contribution >= 4 is 5.70 Å². The Kier molecular flexibility index (Phi) is 3.56. The monoisotopic (exact) mass is 175 g/mol. The first kappa shape index (κ1) is 9.85. The van der Waals surface area contributed by atoms with Gasteiger partial charge < -0.3 is 5.32 Å². The molecule has 0 saturated heterocycles. The summed E-state index contributed by atoms with van der Waals surface area (Å²) in [5.74, 6) is 0. The van der Waals surface area contributed by atoms with Crippen molar-refractivity contribution in [2.45, 2.75) is 20.3 Å². The Hall–Kier alpha value is -1.24. The first-order chi connectivity index (χ1) is 6.25. The molecular formula is C12H17N. The van der Waals surface area contributed by atoms with Gasteiger partial charge in [-0.2, -0.15) is 0 Å². The maximum atomic E-state index is 4.01. The highest BCUT2D eigenvalue weighted by molar-refractivity contribution is 5.64. The predicted molar refractivity (Wildman–Crippen MR) is 58.5 cm³/mol.